The van der Waals surface area contributed by atoms with Crippen LogP contribution in [0.3, 0.4) is 0 Å². The van der Waals surface area contributed by atoms with Gasteiger partial charge in [-0.1, -0.05) is 6.92 Å². The number of furan rings is 1. The highest BCUT2D eigenvalue weighted by molar-refractivity contribution is 5.78. The first-order chi connectivity index (χ1) is 7.93. The van der Waals surface area contributed by atoms with E-state index in [4.69, 9.17) is 4.42 Å². The van der Waals surface area contributed by atoms with Gasteiger partial charge in [0.05, 0.1) is 13.1 Å². The lowest BCUT2D eigenvalue weighted by molar-refractivity contribution is -0.121. The van der Waals surface area contributed by atoms with Crippen molar-refractivity contribution >= 4 is 5.91 Å². The van der Waals surface area contributed by atoms with E-state index < -0.39 is 0 Å². The molecule has 1 aromatic heterocycles. The molecule has 0 aliphatic rings. The van der Waals surface area contributed by atoms with Crippen molar-refractivity contribution < 1.29 is 9.21 Å². The van der Waals surface area contributed by atoms with E-state index in [9.17, 15) is 4.79 Å². The van der Waals surface area contributed by atoms with Crippen LogP contribution in [0.5, 0.6) is 0 Å². The van der Waals surface area contributed by atoms with E-state index in [1.807, 2.05) is 32.9 Å². The number of hydrogen-bond donors (Lipinski definition) is 2. The molecule has 0 fully saturated rings. The Morgan fingerprint density at radius 2 is 2.12 bits per heavy atom. The van der Waals surface area contributed by atoms with Gasteiger partial charge in [-0.2, -0.15) is 0 Å². The monoisotopic (exact) mass is 238 g/mol. The van der Waals surface area contributed by atoms with Gasteiger partial charge in [0.15, 0.2) is 0 Å². The third kappa shape index (κ3) is 5.04. The Balaban J connectivity index is 2.25. The van der Waals surface area contributed by atoms with Crippen LogP contribution in [0.25, 0.3) is 0 Å². The number of carbonyl (C=O) groups is 1. The summed E-state index contributed by atoms with van der Waals surface area (Å²) in [5.74, 6) is 1.75. The maximum atomic E-state index is 11.6. The van der Waals surface area contributed by atoms with Crippen LogP contribution in [0.2, 0.25) is 0 Å². The minimum Gasteiger partial charge on any atom is -0.465 e. The van der Waals surface area contributed by atoms with Crippen LogP contribution in [0.4, 0.5) is 0 Å². The molecule has 4 heteroatoms. The van der Waals surface area contributed by atoms with E-state index in [1.165, 1.54) is 0 Å². The zero-order chi connectivity index (χ0) is 12.9. The van der Waals surface area contributed by atoms with Crippen LogP contribution in [0.15, 0.2) is 16.5 Å². The van der Waals surface area contributed by atoms with E-state index in [0.717, 1.165) is 17.9 Å². The van der Waals surface area contributed by atoms with Gasteiger partial charge in [0.2, 0.25) is 5.91 Å². The SMILES string of the molecule is CCC(C)(C)NC(=O)CNCc1ccc(C)o1. The van der Waals surface area contributed by atoms with Gasteiger partial charge < -0.3 is 15.1 Å². The summed E-state index contributed by atoms with van der Waals surface area (Å²) >= 11 is 0. The fraction of sp³-hybridized carbons (Fsp3) is 0.615. The third-order valence-electron chi connectivity index (χ3n) is 2.74. The Morgan fingerprint density at radius 1 is 1.41 bits per heavy atom. The number of carbonyl (C=O) groups excluding carboxylic acids is 1. The van der Waals surface area contributed by atoms with Gasteiger partial charge in [0, 0.05) is 5.54 Å². The first-order valence-electron chi connectivity index (χ1n) is 6.00. The largest absolute Gasteiger partial charge is 0.465 e. The zero-order valence-corrected chi connectivity index (χ0v) is 11.1. The van der Waals surface area contributed by atoms with Crippen molar-refractivity contribution in [2.75, 3.05) is 6.54 Å². The van der Waals surface area contributed by atoms with E-state index in [1.54, 1.807) is 0 Å². The molecule has 96 valence electrons. The van der Waals surface area contributed by atoms with Crippen molar-refractivity contribution in [2.45, 2.75) is 46.2 Å². The van der Waals surface area contributed by atoms with Crippen molar-refractivity contribution in [2.24, 2.45) is 0 Å². The second-order valence-electron chi connectivity index (χ2n) is 4.90. The zero-order valence-electron chi connectivity index (χ0n) is 11.1. The molecule has 4 nitrogen and oxygen atoms in total. The molecule has 1 aromatic rings. The second kappa shape index (κ2) is 5.87. The lowest BCUT2D eigenvalue weighted by Gasteiger charge is -2.24. The predicted octanol–water partition coefficient (Wildman–Crippen LogP) is 1.98. The molecule has 0 atom stereocenters. The number of nitrogens with one attached hydrogen (secondary N) is 2. The van der Waals surface area contributed by atoms with Gasteiger partial charge in [0.25, 0.3) is 0 Å². The van der Waals surface area contributed by atoms with E-state index >= 15 is 0 Å². The predicted molar refractivity (Wildman–Crippen MR) is 67.7 cm³/mol. The lowest BCUT2D eigenvalue weighted by Crippen LogP contribution is -2.46. The topological polar surface area (TPSA) is 54.3 Å². The molecule has 0 aliphatic carbocycles. The van der Waals surface area contributed by atoms with Gasteiger partial charge in [-0.05, 0) is 39.3 Å². The van der Waals surface area contributed by atoms with Gasteiger partial charge in [0.1, 0.15) is 11.5 Å². The summed E-state index contributed by atoms with van der Waals surface area (Å²) < 4.78 is 5.39. The fourth-order valence-corrected chi connectivity index (χ4v) is 1.39. The molecule has 0 bridgehead atoms. The Kier molecular flexibility index (Phi) is 4.75. The number of aryl methyl sites for hydroxylation is 1. The maximum absolute atomic E-state index is 11.6. The van der Waals surface area contributed by atoms with Crippen LogP contribution < -0.4 is 10.6 Å². The summed E-state index contributed by atoms with van der Waals surface area (Å²) in [7, 11) is 0. The fourth-order valence-electron chi connectivity index (χ4n) is 1.39. The van der Waals surface area contributed by atoms with Crippen LogP contribution in [-0.2, 0) is 11.3 Å². The first kappa shape index (κ1) is 13.8. The molecule has 2 N–H and O–H groups in total. The molecule has 0 aromatic carbocycles. The van der Waals surface area contributed by atoms with Crippen molar-refractivity contribution in [3.63, 3.8) is 0 Å². The third-order valence-corrected chi connectivity index (χ3v) is 2.74. The normalized spacial score (nSPS) is 11.5. The highest BCUT2D eigenvalue weighted by atomic mass is 16.3. The molecule has 0 spiro atoms. The smallest absolute Gasteiger partial charge is 0.234 e. The molecule has 1 amide bonds. The minimum absolute atomic E-state index is 0.0140. The maximum Gasteiger partial charge on any atom is 0.234 e. The summed E-state index contributed by atoms with van der Waals surface area (Å²) in [6, 6.07) is 3.83. The second-order valence-corrected chi connectivity index (χ2v) is 4.90. The van der Waals surface area contributed by atoms with Gasteiger partial charge in [-0.3, -0.25) is 4.79 Å². The minimum atomic E-state index is -0.139. The van der Waals surface area contributed by atoms with Crippen LogP contribution in [-0.4, -0.2) is 18.0 Å². The van der Waals surface area contributed by atoms with E-state index in [2.05, 4.69) is 17.6 Å². The molecular weight excluding hydrogens is 216 g/mol. The quantitative estimate of drug-likeness (QED) is 0.797. The Hall–Kier alpha value is -1.29. The summed E-state index contributed by atoms with van der Waals surface area (Å²) in [6.45, 7) is 8.87. The molecule has 1 rings (SSSR count). The van der Waals surface area contributed by atoms with Crippen molar-refractivity contribution in [1.82, 2.24) is 10.6 Å². The molecule has 0 radical (unpaired) electrons. The van der Waals surface area contributed by atoms with Crippen molar-refractivity contribution in [3.05, 3.63) is 23.7 Å². The Morgan fingerprint density at radius 3 is 2.65 bits per heavy atom. The first-order valence-corrected chi connectivity index (χ1v) is 6.00. The molecule has 0 saturated carbocycles. The Labute approximate surface area is 103 Å². The average molecular weight is 238 g/mol. The summed E-state index contributed by atoms with van der Waals surface area (Å²) in [4.78, 5) is 11.6. The number of amides is 1. The van der Waals surface area contributed by atoms with Crippen LogP contribution >= 0.6 is 0 Å². The lowest BCUT2D eigenvalue weighted by atomic mass is 10.0. The molecule has 1 heterocycles. The van der Waals surface area contributed by atoms with E-state index in [-0.39, 0.29) is 11.4 Å². The van der Waals surface area contributed by atoms with Gasteiger partial charge in [-0.15, -0.1) is 0 Å². The van der Waals surface area contributed by atoms with Gasteiger partial charge >= 0.3 is 0 Å². The number of rotatable bonds is 6. The summed E-state index contributed by atoms with van der Waals surface area (Å²) in [5, 5.41) is 6.02. The van der Waals surface area contributed by atoms with Crippen LogP contribution in [0.1, 0.15) is 38.7 Å². The van der Waals surface area contributed by atoms with Crippen molar-refractivity contribution in [1.29, 1.82) is 0 Å². The Bertz CT molecular complexity index is 369. The molecular formula is C13H22N2O2. The highest BCUT2D eigenvalue weighted by Gasteiger charge is 2.17. The van der Waals surface area contributed by atoms with E-state index in [0.29, 0.717) is 13.1 Å². The summed E-state index contributed by atoms with van der Waals surface area (Å²) in [5.41, 5.74) is -0.139. The molecule has 17 heavy (non-hydrogen) atoms. The molecule has 0 aliphatic heterocycles. The standard InChI is InChI=1S/C13H22N2O2/c1-5-13(3,4)15-12(16)9-14-8-11-7-6-10(2)17-11/h6-7,14H,5,8-9H2,1-4H3,(H,15,16). The van der Waals surface area contributed by atoms with Gasteiger partial charge in [-0.25, -0.2) is 0 Å². The highest BCUT2D eigenvalue weighted by Crippen LogP contribution is 2.06. The van der Waals surface area contributed by atoms with Crippen LogP contribution in [0, 0.1) is 6.92 Å². The molecule has 0 unspecified atom stereocenters. The average Bonchev–Trinajstić information content (AvgIpc) is 2.63. The molecule has 0 saturated heterocycles. The van der Waals surface area contributed by atoms with Crippen molar-refractivity contribution in [3.8, 4) is 0 Å². The number of hydrogen-bond acceptors (Lipinski definition) is 3. The summed E-state index contributed by atoms with van der Waals surface area (Å²) in [6.07, 6.45) is 0.913.